The summed E-state index contributed by atoms with van der Waals surface area (Å²) in [5.41, 5.74) is 1.86. The number of hydrogen-bond acceptors (Lipinski definition) is 5. The fourth-order valence-corrected chi connectivity index (χ4v) is 4.13. The maximum atomic E-state index is 12.8. The number of benzene rings is 1. The summed E-state index contributed by atoms with van der Waals surface area (Å²) in [6.45, 7) is 3.83. The van der Waals surface area contributed by atoms with Gasteiger partial charge >= 0.3 is 0 Å². The Morgan fingerprint density at radius 1 is 1.17 bits per heavy atom. The maximum Gasteiger partial charge on any atom is 0.233 e. The normalized spacial score (nSPS) is 13.4. The van der Waals surface area contributed by atoms with Gasteiger partial charge in [-0.2, -0.15) is 0 Å². The number of amides is 1. The molecular formula is C22H25N5OS. The molecule has 1 aliphatic rings. The Labute approximate surface area is 175 Å². The summed E-state index contributed by atoms with van der Waals surface area (Å²) in [7, 11) is 0. The zero-order chi connectivity index (χ0) is 20.1. The summed E-state index contributed by atoms with van der Waals surface area (Å²) in [6.07, 6.45) is 6.99. The van der Waals surface area contributed by atoms with E-state index in [-0.39, 0.29) is 5.91 Å². The van der Waals surface area contributed by atoms with Crippen LogP contribution in [0.15, 0.2) is 60.0 Å². The van der Waals surface area contributed by atoms with Gasteiger partial charge in [-0.05, 0) is 49.4 Å². The molecule has 4 rings (SSSR count). The molecule has 0 aliphatic heterocycles. The van der Waals surface area contributed by atoms with Crippen LogP contribution in [0.25, 0.3) is 17.1 Å². The van der Waals surface area contributed by atoms with Gasteiger partial charge in [0.2, 0.25) is 5.91 Å². The van der Waals surface area contributed by atoms with Gasteiger partial charge in [-0.15, -0.1) is 10.2 Å². The van der Waals surface area contributed by atoms with E-state index in [1.807, 2.05) is 51.9 Å². The number of pyridine rings is 1. The van der Waals surface area contributed by atoms with E-state index >= 15 is 0 Å². The van der Waals surface area contributed by atoms with Gasteiger partial charge in [0, 0.05) is 36.7 Å². The predicted octanol–water partition coefficient (Wildman–Crippen LogP) is 4.07. The lowest BCUT2D eigenvalue weighted by Crippen LogP contribution is -2.35. The van der Waals surface area contributed by atoms with Crippen LogP contribution in [-0.4, -0.2) is 49.4 Å². The largest absolute Gasteiger partial charge is 0.342 e. The van der Waals surface area contributed by atoms with Crippen LogP contribution in [0, 0.1) is 5.92 Å². The van der Waals surface area contributed by atoms with Crippen molar-refractivity contribution < 1.29 is 4.79 Å². The van der Waals surface area contributed by atoms with Gasteiger partial charge < -0.3 is 4.90 Å². The second-order valence-electron chi connectivity index (χ2n) is 7.29. The topological polar surface area (TPSA) is 63.9 Å². The first-order valence-corrected chi connectivity index (χ1v) is 11.1. The third kappa shape index (κ3) is 4.85. The van der Waals surface area contributed by atoms with Gasteiger partial charge in [0.15, 0.2) is 11.0 Å². The minimum absolute atomic E-state index is 0.175. The highest BCUT2D eigenvalue weighted by molar-refractivity contribution is 7.99. The van der Waals surface area contributed by atoms with E-state index in [0.29, 0.717) is 16.8 Å². The van der Waals surface area contributed by atoms with Gasteiger partial charge in [-0.3, -0.25) is 14.3 Å². The lowest BCUT2D eigenvalue weighted by atomic mass is 10.2. The van der Waals surface area contributed by atoms with Crippen molar-refractivity contribution in [3.63, 3.8) is 0 Å². The van der Waals surface area contributed by atoms with Crippen molar-refractivity contribution in [2.45, 2.75) is 31.3 Å². The molecule has 1 aliphatic carbocycles. The summed E-state index contributed by atoms with van der Waals surface area (Å²) in [5.74, 6) is 1.96. The second-order valence-corrected chi connectivity index (χ2v) is 8.23. The van der Waals surface area contributed by atoms with Gasteiger partial charge in [-0.1, -0.05) is 36.9 Å². The molecule has 2 aromatic heterocycles. The molecule has 6 nitrogen and oxygen atoms in total. The second kappa shape index (κ2) is 9.22. The number of aromatic nitrogens is 4. The molecule has 1 amide bonds. The highest BCUT2D eigenvalue weighted by Crippen LogP contribution is 2.31. The molecule has 0 N–H and O–H groups in total. The van der Waals surface area contributed by atoms with Crippen LogP contribution in [0.1, 0.15) is 26.2 Å². The molecule has 0 radical (unpaired) electrons. The Balaban J connectivity index is 1.57. The molecule has 3 aromatic rings. The van der Waals surface area contributed by atoms with E-state index < -0.39 is 0 Å². The smallest absolute Gasteiger partial charge is 0.233 e. The predicted molar refractivity (Wildman–Crippen MR) is 115 cm³/mol. The summed E-state index contributed by atoms with van der Waals surface area (Å²) in [4.78, 5) is 19.0. The van der Waals surface area contributed by atoms with Crippen molar-refractivity contribution in [2.75, 3.05) is 18.8 Å². The molecule has 0 saturated heterocycles. The third-order valence-electron chi connectivity index (χ3n) is 4.91. The van der Waals surface area contributed by atoms with Crippen LogP contribution in [0.4, 0.5) is 0 Å². The summed E-state index contributed by atoms with van der Waals surface area (Å²) < 4.78 is 2.00. The summed E-state index contributed by atoms with van der Waals surface area (Å²) in [5, 5.41) is 9.52. The van der Waals surface area contributed by atoms with Gasteiger partial charge in [0.05, 0.1) is 5.75 Å². The Morgan fingerprint density at radius 2 is 2.00 bits per heavy atom. The maximum absolute atomic E-state index is 12.8. The zero-order valence-corrected chi connectivity index (χ0v) is 17.4. The molecule has 29 heavy (non-hydrogen) atoms. The van der Waals surface area contributed by atoms with Crippen LogP contribution in [0.3, 0.4) is 0 Å². The molecule has 0 bridgehead atoms. The van der Waals surface area contributed by atoms with E-state index in [4.69, 9.17) is 0 Å². The molecule has 0 atom stereocenters. The van der Waals surface area contributed by atoms with Crippen molar-refractivity contribution in [3.05, 3.63) is 54.9 Å². The van der Waals surface area contributed by atoms with E-state index in [9.17, 15) is 4.79 Å². The molecule has 2 heterocycles. The van der Waals surface area contributed by atoms with Crippen molar-refractivity contribution in [2.24, 2.45) is 5.92 Å². The van der Waals surface area contributed by atoms with Crippen molar-refractivity contribution in [3.8, 4) is 17.1 Å². The van der Waals surface area contributed by atoms with Crippen LogP contribution in [0.5, 0.6) is 0 Å². The quantitative estimate of drug-likeness (QED) is 0.500. The first-order valence-electron chi connectivity index (χ1n) is 10.1. The third-order valence-corrected chi connectivity index (χ3v) is 5.83. The number of carbonyl (C=O) groups is 1. The molecule has 1 fully saturated rings. The minimum atomic E-state index is 0.175. The SMILES string of the molecule is CCCN(CC1CC1)C(=O)CSc1nnc(-c2cccnc2)n1-c1ccccc1. The standard InChI is InChI=1S/C22H25N5OS/c1-2-13-26(15-17-10-11-17)20(28)16-29-22-25-24-21(18-7-6-12-23-14-18)27(22)19-8-4-3-5-9-19/h3-9,12,14,17H,2,10-11,13,15-16H2,1H3. The fraction of sp³-hybridized carbons (Fsp3) is 0.364. The van der Waals surface area contributed by atoms with E-state index in [1.54, 1.807) is 12.4 Å². The van der Waals surface area contributed by atoms with Crippen LogP contribution >= 0.6 is 11.8 Å². The van der Waals surface area contributed by atoms with Gasteiger partial charge in [0.25, 0.3) is 0 Å². The Hall–Kier alpha value is -2.67. The summed E-state index contributed by atoms with van der Waals surface area (Å²) in [6, 6.07) is 13.8. The molecule has 1 saturated carbocycles. The first kappa shape index (κ1) is 19.6. The van der Waals surface area contributed by atoms with Crippen LogP contribution < -0.4 is 0 Å². The molecule has 150 valence electrons. The minimum Gasteiger partial charge on any atom is -0.342 e. The Morgan fingerprint density at radius 3 is 2.69 bits per heavy atom. The molecular weight excluding hydrogens is 382 g/mol. The molecule has 1 aromatic carbocycles. The highest BCUT2D eigenvalue weighted by Gasteiger charge is 2.27. The van der Waals surface area contributed by atoms with Gasteiger partial charge in [-0.25, -0.2) is 0 Å². The molecule has 0 spiro atoms. The Bertz CT molecular complexity index is 940. The number of hydrogen-bond donors (Lipinski definition) is 0. The Kier molecular flexibility index (Phi) is 6.24. The van der Waals surface area contributed by atoms with Crippen molar-refractivity contribution in [1.29, 1.82) is 0 Å². The highest BCUT2D eigenvalue weighted by atomic mass is 32.2. The van der Waals surface area contributed by atoms with Crippen LogP contribution in [0.2, 0.25) is 0 Å². The number of nitrogens with zero attached hydrogens (tertiary/aromatic N) is 5. The van der Waals surface area contributed by atoms with E-state index in [2.05, 4.69) is 22.1 Å². The first-order chi connectivity index (χ1) is 14.3. The van der Waals surface area contributed by atoms with Crippen molar-refractivity contribution >= 4 is 17.7 Å². The average molecular weight is 408 g/mol. The van der Waals surface area contributed by atoms with E-state index in [1.165, 1.54) is 24.6 Å². The lowest BCUT2D eigenvalue weighted by molar-refractivity contribution is -0.128. The van der Waals surface area contributed by atoms with E-state index in [0.717, 1.165) is 36.6 Å². The van der Waals surface area contributed by atoms with Crippen LogP contribution in [-0.2, 0) is 4.79 Å². The monoisotopic (exact) mass is 407 g/mol. The van der Waals surface area contributed by atoms with Crippen molar-refractivity contribution in [1.82, 2.24) is 24.6 Å². The zero-order valence-electron chi connectivity index (χ0n) is 16.6. The number of rotatable bonds is 9. The summed E-state index contributed by atoms with van der Waals surface area (Å²) >= 11 is 1.44. The number of para-hydroxylation sites is 1. The fourth-order valence-electron chi connectivity index (χ4n) is 3.27. The molecule has 7 heteroatoms. The van der Waals surface area contributed by atoms with Gasteiger partial charge in [0.1, 0.15) is 0 Å². The lowest BCUT2D eigenvalue weighted by Gasteiger charge is -2.21. The molecule has 0 unspecified atom stereocenters. The average Bonchev–Trinajstić information content (AvgIpc) is 3.48. The number of carbonyl (C=O) groups excluding carboxylic acids is 1. The number of thioether (sulfide) groups is 1.